The fraction of sp³-hybridized carbons (Fsp3) is 0.458. The first kappa shape index (κ1) is 20.4. The lowest BCUT2D eigenvalue weighted by molar-refractivity contribution is -0.117. The number of hydrogen-bond donors (Lipinski definition) is 2. The Balaban J connectivity index is 1.41. The number of nitrogens with one attached hydrogen (secondary N) is 2. The van der Waals surface area contributed by atoms with Crippen molar-refractivity contribution in [2.75, 3.05) is 32.7 Å². The van der Waals surface area contributed by atoms with Crippen LogP contribution < -0.4 is 10.6 Å². The van der Waals surface area contributed by atoms with Crippen molar-refractivity contribution in [3.8, 4) is 0 Å². The molecule has 0 unspecified atom stereocenters. The van der Waals surface area contributed by atoms with Gasteiger partial charge in [0.2, 0.25) is 0 Å². The summed E-state index contributed by atoms with van der Waals surface area (Å²) in [4.78, 5) is 14.5. The van der Waals surface area contributed by atoms with E-state index in [-0.39, 0.29) is 5.91 Å². The van der Waals surface area contributed by atoms with E-state index in [0.29, 0.717) is 18.0 Å². The van der Waals surface area contributed by atoms with Crippen molar-refractivity contribution in [3.63, 3.8) is 0 Å². The van der Waals surface area contributed by atoms with E-state index in [9.17, 15) is 4.79 Å². The third kappa shape index (κ3) is 5.35. The van der Waals surface area contributed by atoms with Crippen molar-refractivity contribution < 1.29 is 4.79 Å². The van der Waals surface area contributed by atoms with E-state index in [1.54, 1.807) is 6.20 Å². The standard InChI is InChI=1S/C24H33N3O/c1-18-6-7-19(2)23(20(18)3)9-8-21-10-14-27(15-11-21)16-13-26-24(28)22-5-4-12-25-17-22/h4-9,17,21,25H,10-16H2,1-3H3,(H,26,28)/b9-8+. The average molecular weight is 380 g/mol. The van der Waals surface area contributed by atoms with Crippen LogP contribution in [0, 0.1) is 26.7 Å². The number of piperidine rings is 1. The van der Waals surface area contributed by atoms with Crippen molar-refractivity contribution in [3.05, 3.63) is 64.4 Å². The monoisotopic (exact) mass is 379 g/mol. The minimum absolute atomic E-state index is 0.00478. The van der Waals surface area contributed by atoms with Gasteiger partial charge in [0.05, 0.1) is 5.57 Å². The minimum atomic E-state index is 0.00478. The molecule has 0 atom stereocenters. The lowest BCUT2D eigenvalue weighted by Gasteiger charge is -2.30. The molecule has 3 rings (SSSR count). The molecule has 1 aromatic carbocycles. The molecule has 28 heavy (non-hydrogen) atoms. The maximum absolute atomic E-state index is 12.1. The number of amides is 1. The van der Waals surface area contributed by atoms with Gasteiger partial charge in [0.15, 0.2) is 0 Å². The van der Waals surface area contributed by atoms with E-state index in [2.05, 4.69) is 60.6 Å². The van der Waals surface area contributed by atoms with Crippen LogP contribution in [0.2, 0.25) is 0 Å². The second kappa shape index (κ2) is 9.74. The molecule has 0 spiro atoms. The lowest BCUT2D eigenvalue weighted by Crippen LogP contribution is -2.39. The predicted octanol–water partition coefficient (Wildman–Crippen LogP) is 3.50. The highest BCUT2D eigenvalue weighted by molar-refractivity contribution is 5.96. The molecule has 2 heterocycles. The average Bonchev–Trinajstić information content (AvgIpc) is 2.72. The van der Waals surface area contributed by atoms with Gasteiger partial charge in [0.1, 0.15) is 0 Å². The summed E-state index contributed by atoms with van der Waals surface area (Å²) in [6, 6.07) is 4.42. The van der Waals surface area contributed by atoms with E-state index < -0.39 is 0 Å². The largest absolute Gasteiger partial charge is 0.387 e. The molecular formula is C24H33N3O. The lowest BCUT2D eigenvalue weighted by atomic mass is 9.93. The maximum atomic E-state index is 12.1. The summed E-state index contributed by atoms with van der Waals surface area (Å²) in [5.74, 6) is 0.652. The van der Waals surface area contributed by atoms with Crippen molar-refractivity contribution >= 4 is 12.0 Å². The molecule has 2 N–H and O–H groups in total. The number of benzene rings is 1. The van der Waals surface area contributed by atoms with Crippen LogP contribution in [0.25, 0.3) is 6.08 Å². The highest BCUT2D eigenvalue weighted by atomic mass is 16.1. The topological polar surface area (TPSA) is 44.4 Å². The number of likely N-dealkylation sites (tertiary alicyclic amines) is 1. The van der Waals surface area contributed by atoms with Crippen molar-refractivity contribution in [1.82, 2.24) is 15.5 Å². The Morgan fingerprint density at radius 3 is 2.68 bits per heavy atom. The number of aryl methyl sites for hydroxylation is 2. The fourth-order valence-corrected chi connectivity index (χ4v) is 3.87. The molecule has 150 valence electrons. The summed E-state index contributed by atoms with van der Waals surface area (Å²) in [5.41, 5.74) is 6.19. The van der Waals surface area contributed by atoms with Gasteiger partial charge in [-0.2, -0.15) is 0 Å². The molecule has 0 bridgehead atoms. The molecular weight excluding hydrogens is 346 g/mol. The molecule has 0 saturated carbocycles. The fourth-order valence-electron chi connectivity index (χ4n) is 3.87. The van der Waals surface area contributed by atoms with Crippen LogP contribution in [-0.4, -0.2) is 43.5 Å². The van der Waals surface area contributed by atoms with Crippen LogP contribution in [0.3, 0.4) is 0 Å². The first-order chi connectivity index (χ1) is 13.5. The number of allylic oxidation sites excluding steroid dienone is 1. The zero-order valence-corrected chi connectivity index (χ0v) is 17.4. The van der Waals surface area contributed by atoms with Crippen LogP contribution in [0.15, 0.2) is 42.1 Å². The Morgan fingerprint density at radius 1 is 1.21 bits per heavy atom. The Hall–Kier alpha value is -2.33. The molecule has 0 radical (unpaired) electrons. The number of hydrogen-bond acceptors (Lipinski definition) is 3. The highest BCUT2D eigenvalue weighted by Gasteiger charge is 2.17. The number of carbonyl (C=O) groups excluding carboxylic acids is 1. The number of rotatable bonds is 6. The van der Waals surface area contributed by atoms with Crippen molar-refractivity contribution in [1.29, 1.82) is 0 Å². The van der Waals surface area contributed by atoms with E-state index in [0.717, 1.165) is 26.2 Å². The van der Waals surface area contributed by atoms with Crippen molar-refractivity contribution in [2.24, 2.45) is 5.92 Å². The smallest absolute Gasteiger partial charge is 0.252 e. The normalized spacial score (nSPS) is 18.2. The summed E-state index contributed by atoms with van der Waals surface area (Å²) >= 11 is 0. The molecule has 4 nitrogen and oxygen atoms in total. The summed E-state index contributed by atoms with van der Waals surface area (Å²) in [6.45, 7) is 11.2. The molecule has 1 amide bonds. The van der Waals surface area contributed by atoms with Gasteiger partial charge >= 0.3 is 0 Å². The van der Waals surface area contributed by atoms with Gasteiger partial charge in [-0.3, -0.25) is 4.79 Å². The molecule has 2 aliphatic rings. The number of nitrogens with zero attached hydrogens (tertiary/aromatic N) is 1. The van der Waals surface area contributed by atoms with Crippen LogP contribution in [-0.2, 0) is 4.79 Å². The zero-order chi connectivity index (χ0) is 19.9. The Bertz CT molecular complexity index is 783. The molecule has 1 saturated heterocycles. The molecule has 2 aliphatic heterocycles. The second-order valence-corrected chi connectivity index (χ2v) is 7.94. The molecule has 1 aromatic rings. The summed E-state index contributed by atoms with van der Waals surface area (Å²) in [7, 11) is 0. The summed E-state index contributed by atoms with van der Waals surface area (Å²) < 4.78 is 0. The maximum Gasteiger partial charge on any atom is 0.252 e. The predicted molar refractivity (Wildman–Crippen MR) is 117 cm³/mol. The Kier molecular flexibility index (Phi) is 7.10. The van der Waals surface area contributed by atoms with Crippen LogP contribution >= 0.6 is 0 Å². The van der Waals surface area contributed by atoms with E-state index in [1.807, 2.05) is 12.2 Å². The van der Waals surface area contributed by atoms with Gasteiger partial charge in [-0.15, -0.1) is 0 Å². The zero-order valence-electron chi connectivity index (χ0n) is 17.4. The van der Waals surface area contributed by atoms with E-state index in [1.165, 1.54) is 35.1 Å². The second-order valence-electron chi connectivity index (χ2n) is 7.94. The van der Waals surface area contributed by atoms with Gasteiger partial charge in [0, 0.05) is 25.8 Å². The quantitative estimate of drug-likeness (QED) is 0.795. The van der Waals surface area contributed by atoms with Gasteiger partial charge < -0.3 is 15.5 Å². The Morgan fingerprint density at radius 2 is 1.96 bits per heavy atom. The van der Waals surface area contributed by atoms with E-state index in [4.69, 9.17) is 0 Å². The number of dihydropyridines is 1. The molecule has 0 aliphatic carbocycles. The molecule has 1 fully saturated rings. The molecule has 0 aromatic heterocycles. The first-order valence-electron chi connectivity index (χ1n) is 10.4. The van der Waals surface area contributed by atoms with Gasteiger partial charge in [-0.1, -0.05) is 36.4 Å². The Labute approximate surface area is 169 Å². The third-order valence-electron chi connectivity index (χ3n) is 5.94. The SMILES string of the molecule is Cc1ccc(C)c(/C=C/C2CCN(CCNC(=O)C3=CNCC=C3)CC2)c1C. The van der Waals surface area contributed by atoms with Gasteiger partial charge in [-0.05, 0) is 74.9 Å². The van der Waals surface area contributed by atoms with Crippen LogP contribution in [0.1, 0.15) is 35.1 Å². The summed E-state index contributed by atoms with van der Waals surface area (Å²) in [6.07, 6.45) is 12.7. The minimum Gasteiger partial charge on any atom is -0.387 e. The summed E-state index contributed by atoms with van der Waals surface area (Å²) in [5, 5.41) is 6.09. The third-order valence-corrected chi connectivity index (χ3v) is 5.94. The van der Waals surface area contributed by atoms with Crippen LogP contribution in [0.5, 0.6) is 0 Å². The molecule has 4 heteroatoms. The van der Waals surface area contributed by atoms with E-state index >= 15 is 0 Å². The van der Waals surface area contributed by atoms with Gasteiger partial charge in [-0.25, -0.2) is 0 Å². The first-order valence-corrected chi connectivity index (χ1v) is 10.4. The highest BCUT2D eigenvalue weighted by Crippen LogP contribution is 2.23. The van der Waals surface area contributed by atoms with Gasteiger partial charge in [0.25, 0.3) is 5.91 Å². The van der Waals surface area contributed by atoms with Crippen molar-refractivity contribution in [2.45, 2.75) is 33.6 Å². The van der Waals surface area contributed by atoms with Crippen LogP contribution in [0.4, 0.5) is 0 Å². The number of carbonyl (C=O) groups is 1.